The summed E-state index contributed by atoms with van der Waals surface area (Å²) in [7, 11) is 0. The molecule has 1 amide bonds. The van der Waals surface area contributed by atoms with Crippen molar-refractivity contribution in [2.45, 2.75) is 12.8 Å². The first-order chi connectivity index (χ1) is 17.8. The van der Waals surface area contributed by atoms with Crippen molar-refractivity contribution in [3.63, 3.8) is 0 Å². The molecule has 0 saturated heterocycles. The standard InChI is InChI=1S/C27H17F3N4O3/c28-27(29,30)16-7-6-8-17(13-16)32-26(36)20(14-31)25(35)23-21-15-37-22-12-5-4-11-19(22)24(21)34(33-23)18-9-2-1-3-10-18/h1-13,20H,15H2,(H,32,36). The van der Waals surface area contributed by atoms with E-state index < -0.39 is 29.3 Å². The molecule has 1 aliphatic heterocycles. The molecule has 0 saturated carbocycles. The van der Waals surface area contributed by atoms with Crippen molar-refractivity contribution in [3.8, 4) is 28.8 Å². The van der Waals surface area contributed by atoms with Crippen LogP contribution < -0.4 is 10.1 Å². The first-order valence-corrected chi connectivity index (χ1v) is 11.1. The zero-order valence-corrected chi connectivity index (χ0v) is 19.0. The van der Waals surface area contributed by atoms with E-state index in [1.807, 2.05) is 24.3 Å². The van der Waals surface area contributed by atoms with Gasteiger partial charge in [-0.15, -0.1) is 0 Å². The molecule has 5 rings (SSSR count). The van der Waals surface area contributed by atoms with Crippen molar-refractivity contribution in [2.75, 3.05) is 5.32 Å². The van der Waals surface area contributed by atoms with Crippen LogP contribution in [0.2, 0.25) is 0 Å². The lowest BCUT2D eigenvalue weighted by atomic mass is 9.96. The molecule has 1 N–H and O–H groups in total. The van der Waals surface area contributed by atoms with Gasteiger partial charge in [-0.1, -0.05) is 36.4 Å². The summed E-state index contributed by atoms with van der Waals surface area (Å²) in [6.07, 6.45) is -4.62. The number of fused-ring (bicyclic) bond motifs is 3. The molecule has 0 spiro atoms. The molecule has 0 bridgehead atoms. The van der Waals surface area contributed by atoms with Crippen molar-refractivity contribution in [1.29, 1.82) is 5.26 Å². The molecule has 10 heteroatoms. The summed E-state index contributed by atoms with van der Waals surface area (Å²) in [5.74, 6) is -3.21. The summed E-state index contributed by atoms with van der Waals surface area (Å²) in [6.45, 7) is -0.0202. The zero-order chi connectivity index (χ0) is 26.2. The Bertz CT molecular complexity index is 1560. The SMILES string of the molecule is N#CC(C(=O)Nc1cccc(C(F)(F)F)c1)C(=O)c1nn(-c2ccccc2)c2c1COc1ccccc1-2. The van der Waals surface area contributed by atoms with Crippen LogP contribution >= 0.6 is 0 Å². The summed E-state index contributed by atoms with van der Waals surface area (Å²) in [5, 5.41) is 16.4. The monoisotopic (exact) mass is 502 g/mol. The van der Waals surface area contributed by atoms with E-state index in [1.54, 1.807) is 41.1 Å². The van der Waals surface area contributed by atoms with Gasteiger partial charge in [-0.05, 0) is 42.5 Å². The highest BCUT2D eigenvalue weighted by atomic mass is 19.4. The minimum atomic E-state index is -4.62. The van der Waals surface area contributed by atoms with E-state index in [9.17, 15) is 28.0 Å². The van der Waals surface area contributed by atoms with Crippen LogP contribution in [-0.4, -0.2) is 21.5 Å². The number of anilines is 1. The van der Waals surface area contributed by atoms with Crippen LogP contribution in [0.15, 0.2) is 78.9 Å². The number of carbonyl (C=O) groups excluding carboxylic acids is 2. The topological polar surface area (TPSA) is 97.0 Å². The number of ether oxygens (including phenoxy) is 1. The lowest BCUT2D eigenvalue weighted by molar-refractivity contribution is -0.137. The highest BCUT2D eigenvalue weighted by Crippen LogP contribution is 2.40. The molecule has 2 heterocycles. The van der Waals surface area contributed by atoms with Gasteiger partial charge in [0.2, 0.25) is 11.7 Å². The van der Waals surface area contributed by atoms with E-state index >= 15 is 0 Å². The molecule has 1 aromatic heterocycles. The van der Waals surface area contributed by atoms with Gasteiger partial charge in [-0.3, -0.25) is 9.59 Å². The van der Waals surface area contributed by atoms with Crippen LogP contribution in [0.25, 0.3) is 16.9 Å². The Kier molecular flexibility index (Phi) is 5.97. The maximum Gasteiger partial charge on any atom is 0.416 e. The number of Topliss-reactive ketones (excluding diaryl/α,β-unsaturated/α-hetero) is 1. The summed E-state index contributed by atoms with van der Waals surface area (Å²) in [5.41, 5.74) is 1.03. The number of hydrogen-bond acceptors (Lipinski definition) is 5. The lowest BCUT2D eigenvalue weighted by Gasteiger charge is -2.19. The molecule has 0 radical (unpaired) electrons. The number of halogens is 3. The lowest BCUT2D eigenvalue weighted by Crippen LogP contribution is -2.30. The van der Waals surface area contributed by atoms with Gasteiger partial charge in [0, 0.05) is 16.8 Å². The molecule has 184 valence electrons. The second-order valence-electron chi connectivity index (χ2n) is 8.20. The van der Waals surface area contributed by atoms with Crippen molar-refractivity contribution >= 4 is 17.4 Å². The van der Waals surface area contributed by atoms with Gasteiger partial charge in [-0.25, -0.2) is 4.68 Å². The minimum absolute atomic E-state index is 0.0202. The fraction of sp³-hybridized carbons (Fsp3) is 0.111. The molecule has 37 heavy (non-hydrogen) atoms. The van der Waals surface area contributed by atoms with Crippen LogP contribution in [0.3, 0.4) is 0 Å². The average molecular weight is 502 g/mol. The molecule has 0 fully saturated rings. The highest BCUT2D eigenvalue weighted by Gasteiger charge is 2.36. The van der Waals surface area contributed by atoms with Crippen LogP contribution in [0.5, 0.6) is 5.75 Å². The van der Waals surface area contributed by atoms with Gasteiger partial charge >= 0.3 is 6.18 Å². The summed E-state index contributed by atoms with van der Waals surface area (Å²) in [4.78, 5) is 26.3. The molecule has 3 aromatic carbocycles. The van der Waals surface area contributed by atoms with Crippen LogP contribution in [0.1, 0.15) is 21.6 Å². The minimum Gasteiger partial charge on any atom is -0.488 e. The zero-order valence-electron chi connectivity index (χ0n) is 19.0. The second-order valence-corrected chi connectivity index (χ2v) is 8.20. The van der Waals surface area contributed by atoms with Gasteiger partial charge < -0.3 is 10.1 Å². The largest absolute Gasteiger partial charge is 0.488 e. The number of ketones is 1. The first-order valence-electron chi connectivity index (χ1n) is 11.1. The smallest absolute Gasteiger partial charge is 0.416 e. The normalized spacial score (nSPS) is 12.9. The molecule has 7 nitrogen and oxygen atoms in total. The molecule has 1 atom stereocenters. The van der Waals surface area contributed by atoms with Gasteiger partial charge in [-0.2, -0.15) is 23.5 Å². The van der Waals surface area contributed by atoms with Crippen molar-refractivity contribution in [3.05, 3.63) is 95.7 Å². The van der Waals surface area contributed by atoms with Gasteiger partial charge in [0.05, 0.1) is 23.0 Å². The molecular weight excluding hydrogens is 485 g/mol. The Morgan fingerprint density at radius 3 is 2.49 bits per heavy atom. The Hall–Kier alpha value is -4.91. The van der Waals surface area contributed by atoms with E-state index in [0.717, 1.165) is 18.2 Å². The number of amides is 1. The number of alkyl halides is 3. The molecule has 1 aliphatic rings. The van der Waals surface area contributed by atoms with E-state index in [-0.39, 0.29) is 18.0 Å². The van der Waals surface area contributed by atoms with Gasteiger partial charge in [0.1, 0.15) is 18.1 Å². The maximum absolute atomic E-state index is 13.5. The number of benzene rings is 3. The number of rotatable bonds is 5. The third-order valence-electron chi connectivity index (χ3n) is 5.84. The number of aromatic nitrogens is 2. The number of hydrogen-bond donors (Lipinski definition) is 1. The number of nitrogens with one attached hydrogen (secondary N) is 1. The number of para-hydroxylation sites is 2. The molecule has 4 aromatic rings. The number of carbonyl (C=O) groups is 2. The Morgan fingerprint density at radius 1 is 1.03 bits per heavy atom. The second kappa shape index (κ2) is 9.28. The van der Waals surface area contributed by atoms with Crippen molar-refractivity contribution in [2.24, 2.45) is 5.92 Å². The predicted octanol–water partition coefficient (Wildman–Crippen LogP) is 5.41. The average Bonchev–Trinajstić information content (AvgIpc) is 3.29. The van der Waals surface area contributed by atoms with E-state index in [0.29, 0.717) is 28.3 Å². The van der Waals surface area contributed by atoms with Gasteiger partial charge in [0.25, 0.3) is 0 Å². The summed E-state index contributed by atoms with van der Waals surface area (Å²) >= 11 is 0. The summed E-state index contributed by atoms with van der Waals surface area (Å²) < 4.78 is 46.5. The van der Waals surface area contributed by atoms with E-state index in [1.165, 1.54) is 6.07 Å². The van der Waals surface area contributed by atoms with E-state index in [2.05, 4.69) is 10.4 Å². The molecule has 1 unspecified atom stereocenters. The summed E-state index contributed by atoms with van der Waals surface area (Å²) in [6, 6.07) is 21.8. The van der Waals surface area contributed by atoms with Crippen molar-refractivity contribution in [1.82, 2.24) is 9.78 Å². The Balaban J connectivity index is 1.53. The molecular formula is C27H17F3N4O3. The first kappa shape index (κ1) is 23.8. The van der Waals surface area contributed by atoms with Crippen LogP contribution in [-0.2, 0) is 17.6 Å². The van der Waals surface area contributed by atoms with Crippen molar-refractivity contribution < 1.29 is 27.5 Å². The van der Waals surface area contributed by atoms with Gasteiger partial charge in [0.15, 0.2) is 5.92 Å². The third-order valence-corrected chi connectivity index (χ3v) is 5.84. The predicted molar refractivity (Wildman–Crippen MR) is 127 cm³/mol. The van der Waals surface area contributed by atoms with Crippen LogP contribution in [0, 0.1) is 17.2 Å². The maximum atomic E-state index is 13.5. The highest BCUT2D eigenvalue weighted by molar-refractivity contribution is 6.15. The Morgan fingerprint density at radius 2 is 1.76 bits per heavy atom. The fourth-order valence-electron chi connectivity index (χ4n) is 4.12. The number of nitriles is 1. The van der Waals surface area contributed by atoms with E-state index in [4.69, 9.17) is 4.74 Å². The van der Waals surface area contributed by atoms with Crippen LogP contribution in [0.4, 0.5) is 18.9 Å². The third kappa shape index (κ3) is 4.43. The number of nitrogens with zero attached hydrogens (tertiary/aromatic N) is 3. The Labute approximate surface area is 208 Å². The fourth-order valence-corrected chi connectivity index (χ4v) is 4.12. The quantitative estimate of drug-likeness (QED) is 0.291. The molecule has 0 aliphatic carbocycles.